The number of aromatic nitrogens is 1. The van der Waals surface area contributed by atoms with Crippen LogP contribution in [0.2, 0.25) is 0 Å². The van der Waals surface area contributed by atoms with E-state index in [9.17, 15) is 18.0 Å². The Morgan fingerprint density at radius 1 is 1.60 bits per heavy atom. The Hall–Kier alpha value is -1.15. The molecule has 0 aromatic carbocycles. The molecule has 0 radical (unpaired) electrons. The fourth-order valence-corrected chi connectivity index (χ4v) is 2.95. The van der Waals surface area contributed by atoms with Gasteiger partial charge in [0.1, 0.15) is 4.88 Å². The number of rotatable bonds is 4. The van der Waals surface area contributed by atoms with E-state index in [-0.39, 0.29) is 10.8 Å². The van der Waals surface area contributed by atoms with Crippen molar-refractivity contribution in [2.24, 2.45) is 5.92 Å². The van der Waals surface area contributed by atoms with Crippen molar-refractivity contribution in [1.29, 1.82) is 0 Å². The van der Waals surface area contributed by atoms with E-state index in [0.29, 0.717) is 26.3 Å². The summed E-state index contributed by atoms with van der Waals surface area (Å²) in [4.78, 5) is 16.5. The Kier molecular flexibility index (Phi) is 4.64. The Morgan fingerprint density at radius 3 is 3.00 bits per heavy atom. The number of carbonyl (C=O) groups is 1. The molecule has 1 aromatic heterocycles. The lowest BCUT2D eigenvalue weighted by atomic mass is 10.1. The van der Waals surface area contributed by atoms with Crippen molar-refractivity contribution in [3.8, 4) is 0 Å². The molecule has 0 saturated carbocycles. The lowest BCUT2D eigenvalue weighted by Crippen LogP contribution is -2.30. The van der Waals surface area contributed by atoms with Gasteiger partial charge in [-0.25, -0.2) is 4.98 Å². The molecule has 1 aliphatic heterocycles. The highest BCUT2D eigenvalue weighted by molar-refractivity contribution is 7.11. The van der Waals surface area contributed by atoms with Crippen LogP contribution in [0.15, 0.2) is 5.51 Å². The molecule has 4 nitrogen and oxygen atoms in total. The summed E-state index contributed by atoms with van der Waals surface area (Å²) < 4.78 is 43.5. The van der Waals surface area contributed by atoms with Crippen molar-refractivity contribution in [2.75, 3.05) is 26.3 Å². The summed E-state index contributed by atoms with van der Waals surface area (Å²) in [6, 6.07) is 0. The van der Waals surface area contributed by atoms with E-state index in [4.69, 9.17) is 4.74 Å². The molecule has 1 aliphatic rings. The molecule has 1 aromatic rings. The molecule has 1 fully saturated rings. The van der Waals surface area contributed by atoms with E-state index in [2.05, 4.69) is 4.98 Å². The van der Waals surface area contributed by atoms with Gasteiger partial charge >= 0.3 is 6.18 Å². The van der Waals surface area contributed by atoms with Crippen LogP contribution in [0, 0.1) is 5.92 Å². The summed E-state index contributed by atoms with van der Waals surface area (Å²) in [6.45, 7) is 3.91. The quantitative estimate of drug-likeness (QED) is 0.859. The number of thiazole rings is 1. The molecule has 0 aliphatic carbocycles. The zero-order valence-corrected chi connectivity index (χ0v) is 11.8. The highest BCUT2D eigenvalue weighted by Crippen LogP contribution is 2.34. The first-order chi connectivity index (χ1) is 9.43. The molecule has 112 valence electrons. The van der Waals surface area contributed by atoms with Crippen LogP contribution in [0.1, 0.15) is 28.7 Å². The molecule has 2 rings (SSSR count). The summed E-state index contributed by atoms with van der Waals surface area (Å²) >= 11 is 0.737. The second-order valence-corrected chi connectivity index (χ2v) is 5.45. The second-order valence-electron chi connectivity index (χ2n) is 4.59. The van der Waals surface area contributed by atoms with Gasteiger partial charge in [0.2, 0.25) is 0 Å². The Bertz CT molecular complexity index is 476. The van der Waals surface area contributed by atoms with Crippen molar-refractivity contribution in [3.63, 3.8) is 0 Å². The van der Waals surface area contributed by atoms with Gasteiger partial charge in [-0.15, -0.1) is 11.3 Å². The molecule has 2 heterocycles. The summed E-state index contributed by atoms with van der Waals surface area (Å²) in [7, 11) is 0. The van der Waals surface area contributed by atoms with Crippen LogP contribution in [0.5, 0.6) is 0 Å². The third-order valence-corrected chi connectivity index (χ3v) is 3.98. The van der Waals surface area contributed by atoms with E-state index in [0.717, 1.165) is 23.3 Å². The van der Waals surface area contributed by atoms with Crippen LogP contribution in [0.3, 0.4) is 0 Å². The Labute approximate surface area is 118 Å². The molecule has 20 heavy (non-hydrogen) atoms. The Balaban J connectivity index is 2.04. The third-order valence-electron chi connectivity index (χ3n) is 3.16. The largest absolute Gasteiger partial charge is 0.434 e. The molecule has 0 spiro atoms. The maximum atomic E-state index is 12.7. The second kappa shape index (κ2) is 6.09. The normalized spacial score (nSPS) is 19.6. The average molecular weight is 308 g/mol. The van der Waals surface area contributed by atoms with E-state index in [1.165, 1.54) is 4.90 Å². The maximum Gasteiger partial charge on any atom is 0.434 e. The van der Waals surface area contributed by atoms with Crippen molar-refractivity contribution in [2.45, 2.75) is 19.5 Å². The van der Waals surface area contributed by atoms with Gasteiger partial charge in [0.05, 0.1) is 12.1 Å². The Morgan fingerprint density at radius 2 is 2.35 bits per heavy atom. The number of hydrogen-bond donors (Lipinski definition) is 0. The first-order valence-electron chi connectivity index (χ1n) is 6.31. The van der Waals surface area contributed by atoms with Crippen LogP contribution < -0.4 is 0 Å². The van der Waals surface area contributed by atoms with Crippen molar-refractivity contribution in [3.05, 3.63) is 16.1 Å². The topological polar surface area (TPSA) is 42.4 Å². The number of hydrogen-bond acceptors (Lipinski definition) is 4. The van der Waals surface area contributed by atoms with Gasteiger partial charge in [-0.05, 0) is 13.3 Å². The lowest BCUT2D eigenvalue weighted by molar-refractivity contribution is -0.141. The summed E-state index contributed by atoms with van der Waals surface area (Å²) in [5.41, 5.74) is -0.0233. The fourth-order valence-electron chi connectivity index (χ4n) is 2.18. The molecule has 1 unspecified atom stereocenters. The smallest absolute Gasteiger partial charge is 0.381 e. The fraction of sp³-hybridized carbons (Fsp3) is 0.667. The number of halogens is 3. The van der Waals surface area contributed by atoms with Gasteiger partial charge in [0.15, 0.2) is 5.69 Å². The van der Waals surface area contributed by atoms with Gasteiger partial charge < -0.3 is 9.64 Å². The van der Waals surface area contributed by atoms with Crippen LogP contribution in [-0.2, 0) is 10.9 Å². The molecule has 0 N–H and O–H groups in total. The third kappa shape index (κ3) is 3.29. The van der Waals surface area contributed by atoms with E-state index in [1.54, 1.807) is 0 Å². The van der Waals surface area contributed by atoms with E-state index < -0.39 is 17.8 Å². The molecule has 8 heteroatoms. The number of nitrogens with zero attached hydrogens (tertiary/aromatic N) is 2. The number of ether oxygens (including phenoxy) is 1. The summed E-state index contributed by atoms with van der Waals surface area (Å²) in [6.07, 6.45) is -3.83. The number of alkyl halides is 3. The van der Waals surface area contributed by atoms with Crippen LogP contribution in [-0.4, -0.2) is 42.1 Å². The molecule has 1 amide bonds. The standard InChI is InChI=1S/C12H15F3N2O2S/c1-2-19-6-8-3-4-17(5-8)11(18)9-10(12(13,14)15)16-7-20-9/h7-8H,2-6H2,1H3. The lowest BCUT2D eigenvalue weighted by Gasteiger charge is -2.16. The first-order valence-corrected chi connectivity index (χ1v) is 7.19. The minimum absolute atomic E-state index is 0.196. The van der Waals surface area contributed by atoms with Gasteiger partial charge in [-0.2, -0.15) is 13.2 Å². The number of carbonyl (C=O) groups excluding carboxylic acids is 1. The minimum atomic E-state index is -4.59. The molecule has 0 bridgehead atoms. The van der Waals surface area contributed by atoms with Crippen LogP contribution in [0.25, 0.3) is 0 Å². The summed E-state index contributed by atoms with van der Waals surface area (Å²) in [5.74, 6) is -0.389. The van der Waals surface area contributed by atoms with Crippen molar-refractivity contribution < 1.29 is 22.7 Å². The van der Waals surface area contributed by atoms with Gasteiger partial charge in [-0.3, -0.25) is 4.79 Å². The predicted molar refractivity (Wildman–Crippen MR) is 67.6 cm³/mol. The zero-order chi connectivity index (χ0) is 14.8. The molecular formula is C12H15F3N2O2S. The highest BCUT2D eigenvalue weighted by atomic mass is 32.1. The molecule has 1 saturated heterocycles. The molecular weight excluding hydrogens is 293 g/mol. The van der Waals surface area contributed by atoms with Crippen LogP contribution >= 0.6 is 11.3 Å². The van der Waals surface area contributed by atoms with E-state index >= 15 is 0 Å². The van der Waals surface area contributed by atoms with Crippen molar-refractivity contribution in [1.82, 2.24) is 9.88 Å². The van der Waals surface area contributed by atoms with E-state index in [1.807, 2.05) is 6.92 Å². The zero-order valence-electron chi connectivity index (χ0n) is 10.9. The van der Waals surface area contributed by atoms with Gasteiger partial charge in [0, 0.05) is 25.6 Å². The maximum absolute atomic E-state index is 12.7. The van der Waals surface area contributed by atoms with Crippen LogP contribution in [0.4, 0.5) is 13.2 Å². The van der Waals surface area contributed by atoms with Crippen molar-refractivity contribution >= 4 is 17.2 Å². The number of likely N-dealkylation sites (tertiary alicyclic amines) is 1. The first kappa shape index (κ1) is 15.2. The SMILES string of the molecule is CCOCC1CCN(C(=O)c2scnc2C(F)(F)F)C1. The highest BCUT2D eigenvalue weighted by Gasteiger charge is 2.40. The predicted octanol–water partition coefficient (Wildman–Crippen LogP) is 2.66. The van der Waals surface area contributed by atoms with Gasteiger partial charge in [0.25, 0.3) is 5.91 Å². The minimum Gasteiger partial charge on any atom is -0.381 e. The average Bonchev–Trinajstić information content (AvgIpc) is 3.03. The van der Waals surface area contributed by atoms with Gasteiger partial charge in [-0.1, -0.05) is 0 Å². The monoisotopic (exact) mass is 308 g/mol. The summed E-state index contributed by atoms with van der Waals surface area (Å²) in [5, 5.41) is 0. The molecule has 1 atom stereocenters. The number of amides is 1.